The number of anilines is 2. The number of ether oxygens (including phenoxy) is 1. The van der Waals surface area contributed by atoms with Gasteiger partial charge in [0.25, 0.3) is 5.56 Å². The molecule has 4 aromatic heterocycles. The van der Waals surface area contributed by atoms with Gasteiger partial charge in [0.05, 0.1) is 17.5 Å². The Morgan fingerprint density at radius 3 is 2.67 bits per heavy atom. The maximum absolute atomic E-state index is 12.8. The van der Waals surface area contributed by atoms with Gasteiger partial charge in [-0.2, -0.15) is 0 Å². The summed E-state index contributed by atoms with van der Waals surface area (Å²) in [6.07, 6.45) is 4.68. The standard InChI is InChI=1S/C21H21N7O2/c1-12(2)26-21-25-11-16(20(29)28(21)3)17-5-4-13-8-15(10-24-19(13)27-17)30-14-6-7-23-18(22)9-14/h4-12H,1-3H3,(H2,22,23)(H,25,26). The normalized spacial score (nSPS) is 11.1. The van der Waals surface area contributed by atoms with Gasteiger partial charge < -0.3 is 15.8 Å². The topological polar surface area (TPSA) is 121 Å². The first-order valence-electron chi connectivity index (χ1n) is 9.40. The van der Waals surface area contributed by atoms with Gasteiger partial charge in [-0.25, -0.2) is 19.9 Å². The molecule has 9 heteroatoms. The van der Waals surface area contributed by atoms with Crippen LogP contribution < -0.4 is 21.3 Å². The molecule has 0 amide bonds. The Kier molecular flexibility index (Phi) is 5.01. The monoisotopic (exact) mass is 403 g/mol. The highest BCUT2D eigenvalue weighted by Gasteiger charge is 2.12. The first-order valence-corrected chi connectivity index (χ1v) is 9.40. The summed E-state index contributed by atoms with van der Waals surface area (Å²) < 4.78 is 7.26. The van der Waals surface area contributed by atoms with Gasteiger partial charge in [0, 0.05) is 36.9 Å². The Balaban J connectivity index is 1.66. The number of rotatable bonds is 5. The van der Waals surface area contributed by atoms with Crippen molar-refractivity contribution in [3.8, 4) is 22.8 Å². The molecule has 152 valence electrons. The highest BCUT2D eigenvalue weighted by Crippen LogP contribution is 2.25. The summed E-state index contributed by atoms with van der Waals surface area (Å²) in [7, 11) is 1.68. The van der Waals surface area contributed by atoms with Gasteiger partial charge in [-0.15, -0.1) is 0 Å². The number of hydrogen-bond acceptors (Lipinski definition) is 8. The van der Waals surface area contributed by atoms with E-state index in [4.69, 9.17) is 10.5 Å². The molecule has 0 saturated heterocycles. The van der Waals surface area contributed by atoms with Gasteiger partial charge in [0.15, 0.2) is 5.65 Å². The Morgan fingerprint density at radius 1 is 1.07 bits per heavy atom. The minimum absolute atomic E-state index is 0.164. The predicted octanol–water partition coefficient (Wildman–Crippen LogP) is 2.98. The van der Waals surface area contributed by atoms with E-state index in [0.29, 0.717) is 40.2 Å². The van der Waals surface area contributed by atoms with Crippen LogP contribution in [0.1, 0.15) is 13.8 Å². The van der Waals surface area contributed by atoms with Gasteiger partial charge in [-0.05, 0) is 38.1 Å². The highest BCUT2D eigenvalue weighted by molar-refractivity contribution is 5.79. The van der Waals surface area contributed by atoms with Crippen molar-refractivity contribution < 1.29 is 4.74 Å². The molecule has 0 aliphatic heterocycles. The van der Waals surface area contributed by atoms with Crippen molar-refractivity contribution in [2.24, 2.45) is 7.05 Å². The fraction of sp³-hybridized carbons (Fsp3) is 0.190. The van der Waals surface area contributed by atoms with Gasteiger partial charge in [-0.1, -0.05) is 0 Å². The van der Waals surface area contributed by atoms with Crippen LogP contribution in [0.3, 0.4) is 0 Å². The zero-order valence-electron chi connectivity index (χ0n) is 16.8. The lowest BCUT2D eigenvalue weighted by atomic mass is 10.2. The van der Waals surface area contributed by atoms with Gasteiger partial charge in [0.1, 0.15) is 17.3 Å². The van der Waals surface area contributed by atoms with Crippen LogP contribution in [0, 0.1) is 0 Å². The second-order valence-electron chi connectivity index (χ2n) is 7.09. The third-order valence-corrected chi connectivity index (χ3v) is 4.37. The number of nitrogens with two attached hydrogens (primary N) is 1. The summed E-state index contributed by atoms with van der Waals surface area (Å²) in [4.78, 5) is 30.0. The molecule has 9 nitrogen and oxygen atoms in total. The molecule has 4 rings (SSSR count). The largest absolute Gasteiger partial charge is 0.456 e. The summed E-state index contributed by atoms with van der Waals surface area (Å²) >= 11 is 0. The van der Waals surface area contributed by atoms with E-state index in [1.807, 2.05) is 26.0 Å². The molecule has 0 spiro atoms. The van der Waals surface area contributed by atoms with E-state index in [1.54, 1.807) is 37.6 Å². The summed E-state index contributed by atoms with van der Waals surface area (Å²) in [5.74, 6) is 2.00. The molecule has 0 aromatic carbocycles. The van der Waals surface area contributed by atoms with E-state index in [1.165, 1.54) is 10.8 Å². The van der Waals surface area contributed by atoms with E-state index >= 15 is 0 Å². The van der Waals surface area contributed by atoms with Crippen molar-refractivity contribution >= 4 is 22.8 Å². The van der Waals surface area contributed by atoms with E-state index in [9.17, 15) is 4.79 Å². The minimum atomic E-state index is -0.185. The predicted molar refractivity (Wildman–Crippen MR) is 115 cm³/mol. The van der Waals surface area contributed by atoms with Crippen molar-refractivity contribution in [3.63, 3.8) is 0 Å². The third-order valence-electron chi connectivity index (χ3n) is 4.37. The molecule has 0 unspecified atom stereocenters. The lowest BCUT2D eigenvalue weighted by Gasteiger charge is -2.13. The SMILES string of the molecule is CC(C)Nc1ncc(-c2ccc3cc(Oc4ccnc(N)c4)cnc3n2)c(=O)n1C. The lowest BCUT2D eigenvalue weighted by Crippen LogP contribution is -2.25. The van der Waals surface area contributed by atoms with Crippen LogP contribution >= 0.6 is 0 Å². The molecule has 0 fully saturated rings. The van der Waals surface area contributed by atoms with Crippen molar-refractivity contribution in [3.05, 3.63) is 59.3 Å². The Morgan fingerprint density at radius 2 is 1.90 bits per heavy atom. The van der Waals surface area contributed by atoms with E-state index in [2.05, 4.69) is 25.3 Å². The van der Waals surface area contributed by atoms with Gasteiger partial charge in [0.2, 0.25) is 5.95 Å². The maximum Gasteiger partial charge on any atom is 0.264 e. The molecular weight excluding hydrogens is 382 g/mol. The highest BCUT2D eigenvalue weighted by atomic mass is 16.5. The molecule has 30 heavy (non-hydrogen) atoms. The van der Waals surface area contributed by atoms with Crippen molar-refractivity contribution in [2.45, 2.75) is 19.9 Å². The Bertz CT molecular complexity index is 1280. The number of nitrogen functional groups attached to an aromatic ring is 1. The van der Waals surface area contributed by atoms with Crippen LogP contribution in [0.5, 0.6) is 11.5 Å². The van der Waals surface area contributed by atoms with E-state index in [0.717, 1.165) is 5.39 Å². The third kappa shape index (κ3) is 3.90. The molecule has 0 bridgehead atoms. The number of fused-ring (bicyclic) bond motifs is 1. The molecule has 0 aliphatic rings. The average Bonchev–Trinajstić information content (AvgIpc) is 2.71. The second kappa shape index (κ2) is 7.78. The summed E-state index contributed by atoms with van der Waals surface area (Å²) in [5, 5.41) is 3.92. The summed E-state index contributed by atoms with van der Waals surface area (Å²) in [5.41, 5.74) is 6.91. The van der Waals surface area contributed by atoms with Crippen LogP contribution in [0.15, 0.2) is 53.7 Å². The molecule has 0 saturated carbocycles. The van der Waals surface area contributed by atoms with Crippen LogP contribution in [-0.4, -0.2) is 30.5 Å². The van der Waals surface area contributed by atoms with Crippen LogP contribution in [0.4, 0.5) is 11.8 Å². The van der Waals surface area contributed by atoms with Gasteiger partial charge >= 0.3 is 0 Å². The number of aromatic nitrogens is 5. The lowest BCUT2D eigenvalue weighted by molar-refractivity contribution is 0.481. The number of nitrogens with zero attached hydrogens (tertiary/aromatic N) is 5. The molecule has 0 radical (unpaired) electrons. The van der Waals surface area contributed by atoms with Crippen LogP contribution in [0.25, 0.3) is 22.3 Å². The Hall–Kier alpha value is -4.01. The molecule has 4 heterocycles. The molecule has 0 aliphatic carbocycles. The Labute approximate surface area is 172 Å². The molecular formula is C21H21N7O2. The number of nitrogens with one attached hydrogen (secondary N) is 1. The van der Waals surface area contributed by atoms with Crippen LogP contribution in [-0.2, 0) is 7.05 Å². The number of hydrogen-bond donors (Lipinski definition) is 2. The average molecular weight is 403 g/mol. The van der Waals surface area contributed by atoms with Crippen LogP contribution in [0.2, 0.25) is 0 Å². The van der Waals surface area contributed by atoms with Crippen molar-refractivity contribution in [1.29, 1.82) is 0 Å². The fourth-order valence-corrected chi connectivity index (χ4v) is 2.94. The zero-order valence-corrected chi connectivity index (χ0v) is 16.8. The summed E-state index contributed by atoms with van der Waals surface area (Å²) in [6, 6.07) is 8.94. The maximum atomic E-state index is 12.8. The molecule has 4 aromatic rings. The smallest absolute Gasteiger partial charge is 0.264 e. The minimum Gasteiger partial charge on any atom is -0.456 e. The first-order chi connectivity index (χ1) is 14.4. The quantitative estimate of drug-likeness (QED) is 0.522. The summed E-state index contributed by atoms with van der Waals surface area (Å²) in [6.45, 7) is 3.97. The van der Waals surface area contributed by atoms with Crippen molar-refractivity contribution in [2.75, 3.05) is 11.1 Å². The fourth-order valence-electron chi connectivity index (χ4n) is 2.94. The number of pyridine rings is 3. The van der Waals surface area contributed by atoms with E-state index < -0.39 is 0 Å². The van der Waals surface area contributed by atoms with Gasteiger partial charge in [-0.3, -0.25) is 9.36 Å². The second-order valence-corrected chi connectivity index (χ2v) is 7.09. The zero-order chi connectivity index (χ0) is 21.3. The molecule has 0 atom stereocenters. The molecule has 3 N–H and O–H groups in total. The van der Waals surface area contributed by atoms with E-state index in [-0.39, 0.29) is 11.6 Å². The first kappa shape index (κ1) is 19.3. The van der Waals surface area contributed by atoms with Crippen molar-refractivity contribution in [1.82, 2.24) is 24.5 Å².